The zero-order valence-electron chi connectivity index (χ0n) is 9.95. The Hall–Kier alpha value is -2.08. The summed E-state index contributed by atoms with van der Waals surface area (Å²) in [6.45, 7) is 1.56. The van der Waals surface area contributed by atoms with Crippen LogP contribution in [0.15, 0.2) is 24.3 Å². The van der Waals surface area contributed by atoms with Crippen LogP contribution in [-0.4, -0.2) is 18.9 Å². The summed E-state index contributed by atoms with van der Waals surface area (Å²) in [4.78, 5) is 21.7. The molecular formula is C14H14O3. The van der Waals surface area contributed by atoms with Gasteiger partial charge in [-0.25, -0.2) is 0 Å². The molecule has 0 aromatic heterocycles. The average Bonchev–Trinajstić information content (AvgIpc) is 2.30. The molecule has 0 unspecified atom stereocenters. The summed E-state index contributed by atoms with van der Waals surface area (Å²) in [5.41, 5.74) is 1.79. The van der Waals surface area contributed by atoms with Crippen LogP contribution in [0.25, 0.3) is 0 Å². The third-order valence-electron chi connectivity index (χ3n) is 2.10. The Morgan fingerprint density at radius 1 is 1.24 bits per heavy atom. The third-order valence-corrected chi connectivity index (χ3v) is 2.10. The van der Waals surface area contributed by atoms with Gasteiger partial charge in [0.25, 0.3) is 0 Å². The first-order valence-electron chi connectivity index (χ1n) is 5.26. The van der Waals surface area contributed by atoms with Gasteiger partial charge < -0.3 is 4.74 Å². The van der Waals surface area contributed by atoms with Crippen LogP contribution < -0.4 is 0 Å². The number of ketones is 1. The van der Waals surface area contributed by atoms with Gasteiger partial charge in [0.15, 0.2) is 0 Å². The minimum Gasteiger partial charge on any atom is -0.468 e. The van der Waals surface area contributed by atoms with E-state index in [2.05, 4.69) is 16.6 Å². The van der Waals surface area contributed by atoms with E-state index < -0.39 is 0 Å². The van der Waals surface area contributed by atoms with Crippen LogP contribution in [0.4, 0.5) is 0 Å². The summed E-state index contributed by atoms with van der Waals surface area (Å²) >= 11 is 0. The van der Waals surface area contributed by atoms with E-state index in [9.17, 15) is 9.59 Å². The van der Waals surface area contributed by atoms with Crippen molar-refractivity contribution in [2.75, 3.05) is 7.11 Å². The average molecular weight is 230 g/mol. The summed E-state index contributed by atoms with van der Waals surface area (Å²) in [6, 6.07) is 7.40. The fourth-order valence-corrected chi connectivity index (χ4v) is 1.28. The topological polar surface area (TPSA) is 43.4 Å². The molecule has 0 bridgehead atoms. The van der Waals surface area contributed by atoms with Gasteiger partial charge in [-0.05, 0) is 24.6 Å². The van der Waals surface area contributed by atoms with Crippen molar-refractivity contribution < 1.29 is 14.3 Å². The number of ether oxygens (including phenoxy) is 1. The normalized spacial score (nSPS) is 9.06. The van der Waals surface area contributed by atoms with E-state index in [1.54, 1.807) is 6.92 Å². The Labute approximate surface area is 101 Å². The predicted molar refractivity (Wildman–Crippen MR) is 64.3 cm³/mol. The molecular weight excluding hydrogens is 216 g/mol. The van der Waals surface area contributed by atoms with E-state index in [-0.39, 0.29) is 18.2 Å². The van der Waals surface area contributed by atoms with Crippen molar-refractivity contribution in [2.45, 2.75) is 19.8 Å². The van der Waals surface area contributed by atoms with E-state index in [4.69, 9.17) is 0 Å². The van der Waals surface area contributed by atoms with Gasteiger partial charge in [-0.15, -0.1) is 0 Å². The standard InChI is InChI=1S/C14H14O3/c1-11(15)10-13-8-6-12(7-9-13)4-3-5-14(16)17-2/h6-9H,5,10H2,1-2H3. The largest absolute Gasteiger partial charge is 0.468 e. The lowest BCUT2D eigenvalue weighted by molar-refractivity contribution is -0.139. The third kappa shape index (κ3) is 4.98. The lowest BCUT2D eigenvalue weighted by Gasteiger charge is -1.97. The van der Waals surface area contributed by atoms with E-state index in [1.165, 1.54) is 7.11 Å². The maximum Gasteiger partial charge on any atom is 0.317 e. The van der Waals surface area contributed by atoms with E-state index in [0.29, 0.717) is 6.42 Å². The summed E-state index contributed by atoms with van der Waals surface area (Å²) in [6.07, 6.45) is 0.529. The molecule has 0 amide bonds. The first-order valence-corrected chi connectivity index (χ1v) is 5.26. The van der Waals surface area contributed by atoms with Gasteiger partial charge in [-0.3, -0.25) is 9.59 Å². The molecule has 0 aliphatic carbocycles. The molecule has 0 radical (unpaired) electrons. The van der Waals surface area contributed by atoms with Crippen molar-refractivity contribution in [1.29, 1.82) is 0 Å². The molecule has 88 valence electrons. The number of benzene rings is 1. The fourth-order valence-electron chi connectivity index (χ4n) is 1.28. The molecule has 1 rings (SSSR count). The van der Waals surface area contributed by atoms with Gasteiger partial charge in [0.05, 0.1) is 7.11 Å². The first-order chi connectivity index (χ1) is 8.11. The zero-order valence-corrected chi connectivity index (χ0v) is 9.95. The van der Waals surface area contributed by atoms with E-state index in [1.807, 2.05) is 24.3 Å². The molecule has 0 aliphatic heterocycles. The minimum absolute atomic E-state index is 0.0890. The SMILES string of the molecule is COC(=O)CC#Cc1ccc(CC(C)=O)cc1. The smallest absolute Gasteiger partial charge is 0.317 e. The first kappa shape index (κ1) is 13.0. The Morgan fingerprint density at radius 3 is 2.41 bits per heavy atom. The van der Waals surface area contributed by atoms with Gasteiger partial charge in [0.2, 0.25) is 0 Å². The number of carbonyl (C=O) groups excluding carboxylic acids is 2. The van der Waals surface area contributed by atoms with E-state index in [0.717, 1.165) is 11.1 Å². The van der Waals surface area contributed by atoms with Gasteiger partial charge >= 0.3 is 5.97 Å². The summed E-state index contributed by atoms with van der Waals surface area (Å²) < 4.78 is 4.47. The molecule has 17 heavy (non-hydrogen) atoms. The Balaban J connectivity index is 2.62. The van der Waals surface area contributed by atoms with Crippen LogP contribution in [0.3, 0.4) is 0 Å². The van der Waals surface area contributed by atoms with Crippen molar-refractivity contribution >= 4 is 11.8 Å². The van der Waals surface area contributed by atoms with Crippen LogP contribution >= 0.6 is 0 Å². The minimum atomic E-state index is -0.342. The second-order valence-electron chi connectivity index (χ2n) is 3.63. The molecule has 0 fully saturated rings. The molecule has 0 aliphatic rings. The second kappa shape index (κ2) is 6.49. The fraction of sp³-hybridized carbons (Fsp3) is 0.286. The van der Waals surface area contributed by atoms with Crippen LogP contribution in [-0.2, 0) is 20.7 Å². The Morgan fingerprint density at radius 2 is 1.88 bits per heavy atom. The lowest BCUT2D eigenvalue weighted by Crippen LogP contribution is -1.97. The van der Waals surface area contributed by atoms with Crippen molar-refractivity contribution in [2.24, 2.45) is 0 Å². The molecule has 0 heterocycles. The molecule has 3 nitrogen and oxygen atoms in total. The van der Waals surface area contributed by atoms with Crippen molar-refractivity contribution in [3.8, 4) is 11.8 Å². The molecule has 3 heteroatoms. The van der Waals surface area contributed by atoms with Crippen molar-refractivity contribution in [3.63, 3.8) is 0 Å². The Kier molecular flexibility index (Phi) is 4.96. The second-order valence-corrected chi connectivity index (χ2v) is 3.63. The molecule has 1 aromatic rings. The number of hydrogen-bond donors (Lipinski definition) is 0. The van der Waals surface area contributed by atoms with Crippen molar-refractivity contribution in [1.82, 2.24) is 0 Å². The zero-order chi connectivity index (χ0) is 12.7. The number of hydrogen-bond acceptors (Lipinski definition) is 3. The highest BCUT2D eigenvalue weighted by Crippen LogP contribution is 2.04. The highest BCUT2D eigenvalue weighted by Gasteiger charge is 1.97. The molecule has 0 atom stereocenters. The number of Topliss-reactive ketones (excluding diaryl/α,β-unsaturated/α-hetero) is 1. The van der Waals surface area contributed by atoms with Crippen LogP contribution in [0, 0.1) is 11.8 Å². The summed E-state index contributed by atoms with van der Waals surface area (Å²) in [5, 5.41) is 0. The summed E-state index contributed by atoms with van der Waals surface area (Å²) in [7, 11) is 1.33. The number of esters is 1. The quantitative estimate of drug-likeness (QED) is 0.586. The van der Waals surface area contributed by atoms with Crippen LogP contribution in [0.1, 0.15) is 24.5 Å². The van der Waals surface area contributed by atoms with Gasteiger partial charge in [0, 0.05) is 12.0 Å². The number of rotatable bonds is 3. The molecule has 0 saturated heterocycles. The molecule has 0 N–H and O–H groups in total. The van der Waals surface area contributed by atoms with Gasteiger partial charge in [0.1, 0.15) is 12.2 Å². The monoisotopic (exact) mass is 230 g/mol. The van der Waals surface area contributed by atoms with Crippen molar-refractivity contribution in [3.05, 3.63) is 35.4 Å². The molecule has 0 saturated carbocycles. The molecule has 1 aromatic carbocycles. The van der Waals surface area contributed by atoms with Gasteiger partial charge in [-0.1, -0.05) is 24.0 Å². The number of methoxy groups -OCH3 is 1. The maximum absolute atomic E-state index is 10.9. The molecule has 0 spiro atoms. The highest BCUT2D eigenvalue weighted by atomic mass is 16.5. The van der Waals surface area contributed by atoms with E-state index >= 15 is 0 Å². The summed E-state index contributed by atoms with van der Waals surface area (Å²) in [5.74, 6) is 5.37. The Bertz CT molecular complexity index is 460. The van der Waals surface area contributed by atoms with Crippen LogP contribution in [0.5, 0.6) is 0 Å². The lowest BCUT2D eigenvalue weighted by atomic mass is 10.1. The maximum atomic E-state index is 10.9. The highest BCUT2D eigenvalue weighted by molar-refractivity contribution is 5.78. The predicted octanol–water partition coefficient (Wildman–Crippen LogP) is 1.73. The van der Waals surface area contributed by atoms with Crippen LogP contribution in [0.2, 0.25) is 0 Å². The van der Waals surface area contributed by atoms with Gasteiger partial charge in [-0.2, -0.15) is 0 Å². The number of carbonyl (C=O) groups is 2.